The minimum atomic E-state index is 0.356. The minimum Gasteiger partial charge on any atom is -0.377 e. The summed E-state index contributed by atoms with van der Waals surface area (Å²) in [6, 6.07) is 1.42. The van der Waals surface area contributed by atoms with E-state index in [0.29, 0.717) is 12.1 Å². The highest BCUT2D eigenvalue weighted by Gasteiger charge is 2.23. The number of likely N-dealkylation sites (tertiary alicyclic amines) is 1. The maximum atomic E-state index is 5.76. The zero-order chi connectivity index (χ0) is 14.4. The van der Waals surface area contributed by atoms with Crippen LogP contribution in [0.25, 0.3) is 0 Å². The lowest BCUT2D eigenvalue weighted by atomic mass is 10.0. The molecule has 2 aliphatic rings. The van der Waals surface area contributed by atoms with Gasteiger partial charge in [0.2, 0.25) is 0 Å². The molecule has 0 aromatic heterocycles. The average molecular weight is 284 g/mol. The molecule has 0 aliphatic carbocycles. The highest BCUT2D eigenvalue weighted by Crippen LogP contribution is 2.17. The van der Waals surface area contributed by atoms with Gasteiger partial charge in [0.25, 0.3) is 0 Å². The molecule has 2 fully saturated rings. The van der Waals surface area contributed by atoms with Gasteiger partial charge >= 0.3 is 0 Å². The first-order valence-corrected chi connectivity index (χ1v) is 8.30. The zero-order valence-corrected chi connectivity index (χ0v) is 13.5. The van der Waals surface area contributed by atoms with Crippen LogP contribution < -0.4 is 0 Å². The van der Waals surface area contributed by atoms with Gasteiger partial charge in [-0.25, -0.2) is 0 Å². The van der Waals surface area contributed by atoms with E-state index in [0.717, 1.165) is 32.4 Å². The van der Waals surface area contributed by atoms with Crippen molar-refractivity contribution in [3.8, 4) is 0 Å². The molecule has 0 bridgehead atoms. The fourth-order valence-electron chi connectivity index (χ4n) is 3.22. The first-order chi connectivity index (χ1) is 9.66. The van der Waals surface area contributed by atoms with Crippen molar-refractivity contribution in [1.29, 1.82) is 0 Å². The largest absolute Gasteiger partial charge is 0.377 e. The summed E-state index contributed by atoms with van der Waals surface area (Å²) >= 11 is 0. The fraction of sp³-hybridized carbons (Fsp3) is 1.00. The molecule has 0 aromatic rings. The number of nitrogens with zero attached hydrogens (tertiary/aromatic N) is 2. The molecule has 4 heteroatoms. The topological polar surface area (TPSA) is 24.9 Å². The second-order valence-electron chi connectivity index (χ2n) is 6.55. The summed E-state index contributed by atoms with van der Waals surface area (Å²) < 4.78 is 11.3. The molecule has 0 unspecified atom stereocenters. The maximum Gasteiger partial charge on any atom is 0.0809 e. The van der Waals surface area contributed by atoms with Gasteiger partial charge in [-0.2, -0.15) is 0 Å². The van der Waals surface area contributed by atoms with Crippen molar-refractivity contribution in [3.05, 3.63) is 0 Å². The Morgan fingerprint density at radius 2 is 2.00 bits per heavy atom. The Hall–Kier alpha value is -0.160. The second-order valence-corrected chi connectivity index (χ2v) is 6.55. The predicted octanol–water partition coefficient (Wildman–Crippen LogP) is 1.99. The minimum absolute atomic E-state index is 0.356. The van der Waals surface area contributed by atoms with Crippen LogP contribution >= 0.6 is 0 Å². The van der Waals surface area contributed by atoms with Crippen LogP contribution in [-0.4, -0.2) is 74.5 Å². The van der Waals surface area contributed by atoms with Gasteiger partial charge in [0.05, 0.1) is 19.3 Å². The number of hydrogen-bond acceptors (Lipinski definition) is 4. The molecule has 0 N–H and O–H groups in total. The summed E-state index contributed by atoms with van der Waals surface area (Å²) in [5.41, 5.74) is 0. The quantitative estimate of drug-likeness (QED) is 0.668. The summed E-state index contributed by atoms with van der Waals surface area (Å²) in [5, 5.41) is 0. The first-order valence-electron chi connectivity index (χ1n) is 8.30. The van der Waals surface area contributed by atoms with Gasteiger partial charge in [-0.3, -0.25) is 0 Å². The Morgan fingerprint density at radius 3 is 2.60 bits per heavy atom. The van der Waals surface area contributed by atoms with Crippen LogP contribution in [0.2, 0.25) is 0 Å². The van der Waals surface area contributed by atoms with Crippen molar-refractivity contribution >= 4 is 0 Å². The SMILES string of the molecule is CC(C)N1CCC(N(C)CCOC[C@@H]2CCCO2)CC1. The third kappa shape index (κ3) is 4.99. The van der Waals surface area contributed by atoms with Crippen molar-refractivity contribution in [3.63, 3.8) is 0 Å². The van der Waals surface area contributed by atoms with Crippen LogP contribution in [0.1, 0.15) is 39.5 Å². The van der Waals surface area contributed by atoms with E-state index >= 15 is 0 Å². The van der Waals surface area contributed by atoms with E-state index in [-0.39, 0.29) is 0 Å². The van der Waals surface area contributed by atoms with E-state index in [1.807, 2.05) is 0 Å². The Labute approximate surface area is 124 Å². The summed E-state index contributed by atoms with van der Waals surface area (Å²) in [5.74, 6) is 0. The van der Waals surface area contributed by atoms with E-state index in [1.54, 1.807) is 0 Å². The lowest BCUT2D eigenvalue weighted by molar-refractivity contribution is 0.00611. The lowest BCUT2D eigenvalue weighted by Gasteiger charge is -2.38. The third-order valence-electron chi connectivity index (χ3n) is 4.77. The first kappa shape index (κ1) is 16.2. The van der Waals surface area contributed by atoms with Crippen molar-refractivity contribution in [1.82, 2.24) is 9.80 Å². The standard InChI is InChI=1S/C16H32N2O2/c1-14(2)18-8-6-15(7-9-18)17(3)10-12-19-13-16-5-4-11-20-16/h14-16H,4-13H2,1-3H3/t16-/m0/s1. The summed E-state index contributed by atoms with van der Waals surface area (Å²) in [6.45, 7) is 10.6. The number of hydrogen-bond donors (Lipinski definition) is 0. The Balaban J connectivity index is 1.54. The molecule has 118 valence electrons. The van der Waals surface area contributed by atoms with Crippen LogP contribution in [0, 0.1) is 0 Å². The Morgan fingerprint density at radius 1 is 1.25 bits per heavy atom. The van der Waals surface area contributed by atoms with E-state index in [4.69, 9.17) is 9.47 Å². The van der Waals surface area contributed by atoms with Crippen LogP contribution in [0.15, 0.2) is 0 Å². The molecule has 4 nitrogen and oxygen atoms in total. The summed E-state index contributed by atoms with van der Waals surface area (Å²) in [6.07, 6.45) is 5.31. The predicted molar refractivity (Wildman–Crippen MR) is 82.2 cm³/mol. The van der Waals surface area contributed by atoms with Crippen molar-refractivity contribution in [2.75, 3.05) is 46.5 Å². The van der Waals surface area contributed by atoms with Gasteiger partial charge in [0.15, 0.2) is 0 Å². The Kier molecular flexibility index (Phi) is 6.75. The highest BCUT2D eigenvalue weighted by atomic mass is 16.5. The molecule has 1 atom stereocenters. The van der Waals surface area contributed by atoms with Gasteiger partial charge in [0.1, 0.15) is 0 Å². The van der Waals surface area contributed by atoms with E-state index in [1.165, 1.54) is 38.8 Å². The van der Waals surface area contributed by atoms with Crippen LogP contribution in [0.4, 0.5) is 0 Å². The second kappa shape index (κ2) is 8.32. The summed E-state index contributed by atoms with van der Waals surface area (Å²) in [7, 11) is 2.24. The molecule has 2 rings (SSSR count). The molecule has 2 saturated heterocycles. The molecule has 2 aliphatic heterocycles. The van der Waals surface area contributed by atoms with Crippen LogP contribution in [-0.2, 0) is 9.47 Å². The number of likely N-dealkylation sites (N-methyl/N-ethyl adjacent to an activating group) is 1. The molecular weight excluding hydrogens is 252 g/mol. The van der Waals surface area contributed by atoms with Crippen molar-refractivity contribution < 1.29 is 9.47 Å². The third-order valence-corrected chi connectivity index (χ3v) is 4.77. The molecule has 0 amide bonds. The molecule has 0 aromatic carbocycles. The molecular formula is C16H32N2O2. The fourth-order valence-corrected chi connectivity index (χ4v) is 3.22. The van der Waals surface area contributed by atoms with E-state index in [2.05, 4.69) is 30.7 Å². The number of ether oxygens (including phenoxy) is 2. The smallest absolute Gasteiger partial charge is 0.0809 e. The highest BCUT2D eigenvalue weighted by molar-refractivity contribution is 4.79. The van der Waals surface area contributed by atoms with Gasteiger partial charge < -0.3 is 19.3 Å². The van der Waals surface area contributed by atoms with Gasteiger partial charge in [-0.05, 0) is 59.7 Å². The lowest BCUT2D eigenvalue weighted by Crippen LogP contribution is -2.46. The van der Waals surface area contributed by atoms with Crippen molar-refractivity contribution in [2.24, 2.45) is 0 Å². The van der Waals surface area contributed by atoms with Crippen LogP contribution in [0.5, 0.6) is 0 Å². The molecule has 2 heterocycles. The molecule has 0 spiro atoms. The Bertz CT molecular complexity index is 259. The molecule has 20 heavy (non-hydrogen) atoms. The molecule has 0 radical (unpaired) electrons. The van der Waals surface area contributed by atoms with E-state index in [9.17, 15) is 0 Å². The normalized spacial score (nSPS) is 25.9. The monoisotopic (exact) mass is 284 g/mol. The van der Waals surface area contributed by atoms with Gasteiger partial charge in [-0.15, -0.1) is 0 Å². The molecule has 0 saturated carbocycles. The van der Waals surface area contributed by atoms with Gasteiger partial charge in [0, 0.05) is 25.2 Å². The van der Waals surface area contributed by atoms with Crippen molar-refractivity contribution in [2.45, 2.75) is 57.7 Å². The maximum absolute atomic E-state index is 5.76. The average Bonchev–Trinajstić information content (AvgIpc) is 2.96. The van der Waals surface area contributed by atoms with Gasteiger partial charge in [-0.1, -0.05) is 0 Å². The summed E-state index contributed by atoms with van der Waals surface area (Å²) in [4.78, 5) is 5.06. The zero-order valence-electron chi connectivity index (χ0n) is 13.5. The number of piperidine rings is 1. The number of rotatable bonds is 7. The van der Waals surface area contributed by atoms with E-state index < -0.39 is 0 Å². The van der Waals surface area contributed by atoms with Crippen LogP contribution in [0.3, 0.4) is 0 Å².